The fourth-order valence-corrected chi connectivity index (χ4v) is 8.77. The quantitative estimate of drug-likeness (QED) is 0.564. The lowest BCUT2D eigenvalue weighted by Crippen LogP contribution is -2.53. The van der Waals surface area contributed by atoms with Crippen LogP contribution in [0.15, 0.2) is 0 Å². The van der Waals surface area contributed by atoms with Crippen molar-refractivity contribution in [3.8, 4) is 0 Å². The van der Waals surface area contributed by atoms with Gasteiger partial charge in [-0.05, 0) is 111 Å². The van der Waals surface area contributed by atoms with Crippen molar-refractivity contribution >= 4 is 0 Å². The van der Waals surface area contributed by atoms with Gasteiger partial charge >= 0.3 is 0 Å². The predicted molar refractivity (Wildman–Crippen MR) is 116 cm³/mol. The van der Waals surface area contributed by atoms with Gasteiger partial charge in [0.1, 0.15) is 0 Å². The van der Waals surface area contributed by atoms with Crippen LogP contribution in [0.3, 0.4) is 0 Å². The summed E-state index contributed by atoms with van der Waals surface area (Å²) in [6, 6.07) is 0. The number of fused-ring (bicyclic) bond motifs is 5. The van der Waals surface area contributed by atoms with E-state index in [1.165, 1.54) is 64.2 Å². The lowest BCUT2D eigenvalue weighted by Gasteiger charge is -2.60. The maximum absolute atomic E-state index is 9.26. The Labute approximate surface area is 174 Å². The highest BCUT2D eigenvalue weighted by molar-refractivity contribution is 5.09. The largest absolute Gasteiger partial charge is 0.396 e. The van der Waals surface area contributed by atoms with E-state index in [1.807, 2.05) is 0 Å². The Bertz CT molecular complexity index is 533. The number of hydrogen-bond acceptors (Lipinski definition) is 2. The maximum atomic E-state index is 9.26. The minimum Gasteiger partial charge on any atom is -0.396 e. The molecule has 1 N–H and O–H groups in total. The van der Waals surface area contributed by atoms with Crippen LogP contribution in [0, 0.1) is 46.3 Å². The van der Waals surface area contributed by atoms with E-state index in [1.54, 1.807) is 0 Å². The SMILES string of the molecule is CC(CO)CCO[C@@H](C)[C@H]1CC[C@H]2[C@@H]3CCC4CCCC[C@]4(C)[C@H]3CC[C@]12C. The van der Waals surface area contributed by atoms with Crippen LogP contribution in [0.25, 0.3) is 0 Å². The predicted octanol–water partition coefficient (Wildman–Crippen LogP) is 6.46. The summed E-state index contributed by atoms with van der Waals surface area (Å²) in [6.07, 6.45) is 16.1. The first-order valence-corrected chi connectivity index (χ1v) is 12.6. The van der Waals surface area contributed by atoms with Gasteiger partial charge in [0.05, 0.1) is 6.10 Å². The van der Waals surface area contributed by atoms with Gasteiger partial charge in [-0.3, -0.25) is 0 Å². The summed E-state index contributed by atoms with van der Waals surface area (Å²) >= 11 is 0. The summed E-state index contributed by atoms with van der Waals surface area (Å²) < 4.78 is 6.34. The van der Waals surface area contributed by atoms with Crippen molar-refractivity contribution < 1.29 is 9.84 Å². The Balaban J connectivity index is 1.43. The van der Waals surface area contributed by atoms with Gasteiger partial charge in [0.15, 0.2) is 0 Å². The van der Waals surface area contributed by atoms with Crippen LogP contribution >= 0.6 is 0 Å². The van der Waals surface area contributed by atoms with Gasteiger partial charge in [-0.15, -0.1) is 0 Å². The topological polar surface area (TPSA) is 29.5 Å². The van der Waals surface area contributed by atoms with Gasteiger partial charge in [0.2, 0.25) is 0 Å². The molecule has 0 spiro atoms. The molecule has 9 atom stereocenters. The third-order valence-corrected chi connectivity index (χ3v) is 10.5. The first-order chi connectivity index (χ1) is 13.4. The molecule has 2 heteroatoms. The Hall–Kier alpha value is -0.0800. The van der Waals surface area contributed by atoms with Crippen molar-refractivity contribution in [3.63, 3.8) is 0 Å². The molecule has 4 saturated carbocycles. The summed E-state index contributed by atoms with van der Waals surface area (Å²) in [5.74, 6) is 5.06. The molecule has 0 radical (unpaired) electrons. The number of hydrogen-bond donors (Lipinski definition) is 1. The smallest absolute Gasteiger partial charge is 0.0580 e. The lowest BCUT2D eigenvalue weighted by molar-refractivity contribution is -0.123. The minimum atomic E-state index is 0.282. The molecule has 4 rings (SSSR count). The molecule has 0 aromatic rings. The molecule has 4 aliphatic rings. The molecule has 2 nitrogen and oxygen atoms in total. The molecule has 0 aromatic carbocycles. The second-order valence-corrected chi connectivity index (χ2v) is 11.8. The summed E-state index contributed by atoms with van der Waals surface area (Å²) in [4.78, 5) is 0. The van der Waals surface area contributed by atoms with Crippen LogP contribution in [0.1, 0.15) is 98.3 Å². The number of rotatable bonds is 6. The third-order valence-electron chi connectivity index (χ3n) is 10.5. The van der Waals surface area contributed by atoms with E-state index in [4.69, 9.17) is 4.74 Å². The zero-order chi connectivity index (χ0) is 19.9. The van der Waals surface area contributed by atoms with Crippen molar-refractivity contribution in [2.24, 2.45) is 46.3 Å². The highest BCUT2D eigenvalue weighted by atomic mass is 16.5. The molecular weight excluding hydrogens is 344 g/mol. The van der Waals surface area contributed by atoms with Gasteiger partial charge in [-0.1, -0.05) is 33.6 Å². The van der Waals surface area contributed by atoms with Gasteiger partial charge in [0.25, 0.3) is 0 Å². The van der Waals surface area contributed by atoms with Crippen LogP contribution < -0.4 is 0 Å². The van der Waals surface area contributed by atoms with E-state index < -0.39 is 0 Å². The van der Waals surface area contributed by atoms with E-state index in [-0.39, 0.29) is 6.61 Å². The molecular formula is C26H46O2. The van der Waals surface area contributed by atoms with E-state index >= 15 is 0 Å². The van der Waals surface area contributed by atoms with Crippen LogP contribution in [0.5, 0.6) is 0 Å². The fraction of sp³-hybridized carbons (Fsp3) is 1.00. The van der Waals surface area contributed by atoms with Crippen LogP contribution in [0.4, 0.5) is 0 Å². The molecule has 0 amide bonds. The molecule has 4 aliphatic carbocycles. The molecule has 2 unspecified atom stereocenters. The monoisotopic (exact) mass is 390 g/mol. The fourth-order valence-electron chi connectivity index (χ4n) is 8.77. The maximum Gasteiger partial charge on any atom is 0.0580 e. The molecule has 0 bridgehead atoms. The first kappa shape index (κ1) is 21.2. The van der Waals surface area contributed by atoms with E-state index in [0.717, 1.165) is 42.6 Å². The second kappa shape index (κ2) is 8.22. The van der Waals surface area contributed by atoms with E-state index in [9.17, 15) is 5.11 Å². The summed E-state index contributed by atoms with van der Waals surface area (Å²) in [6.45, 7) is 10.9. The second-order valence-electron chi connectivity index (χ2n) is 11.8. The van der Waals surface area contributed by atoms with Crippen LogP contribution in [-0.2, 0) is 4.74 Å². The summed E-state index contributed by atoms with van der Waals surface area (Å²) in [5, 5.41) is 9.26. The lowest BCUT2D eigenvalue weighted by atomic mass is 9.45. The normalized spacial score (nSPS) is 47.7. The average molecular weight is 391 g/mol. The number of aliphatic hydroxyl groups excluding tert-OH is 1. The zero-order valence-corrected chi connectivity index (χ0v) is 19.1. The van der Waals surface area contributed by atoms with E-state index in [2.05, 4.69) is 27.7 Å². The standard InChI is InChI=1S/C26H46O2/c1-18(17-27)13-16-28-19(2)22-10-11-23-21-9-8-20-7-5-6-14-25(20,3)24(21)12-15-26(22,23)4/h18-24,27H,5-17H2,1-4H3/t18?,19-,20?,21-,22+,23-,24-,25-,26+/m0/s1. The first-order valence-electron chi connectivity index (χ1n) is 12.6. The Morgan fingerprint density at radius 2 is 1.68 bits per heavy atom. The van der Waals surface area contributed by atoms with Gasteiger partial charge in [-0.2, -0.15) is 0 Å². The van der Waals surface area contributed by atoms with Crippen molar-refractivity contribution in [2.45, 2.75) is 104 Å². The van der Waals surface area contributed by atoms with Crippen molar-refractivity contribution in [1.29, 1.82) is 0 Å². The average Bonchev–Trinajstić information content (AvgIpc) is 3.04. The number of ether oxygens (including phenoxy) is 1. The highest BCUT2D eigenvalue weighted by Gasteiger charge is 2.60. The van der Waals surface area contributed by atoms with Crippen LogP contribution in [-0.4, -0.2) is 24.4 Å². The highest BCUT2D eigenvalue weighted by Crippen LogP contribution is 2.67. The van der Waals surface area contributed by atoms with Crippen molar-refractivity contribution in [1.82, 2.24) is 0 Å². The molecule has 0 aliphatic heterocycles. The molecule has 0 heterocycles. The third kappa shape index (κ3) is 3.49. The Morgan fingerprint density at radius 1 is 0.893 bits per heavy atom. The molecule has 4 fully saturated rings. The molecule has 28 heavy (non-hydrogen) atoms. The molecule has 0 aromatic heterocycles. The summed E-state index contributed by atoms with van der Waals surface area (Å²) in [5.41, 5.74) is 1.16. The Morgan fingerprint density at radius 3 is 2.46 bits per heavy atom. The van der Waals surface area contributed by atoms with Crippen LogP contribution in [0.2, 0.25) is 0 Å². The summed E-state index contributed by atoms with van der Waals surface area (Å²) in [7, 11) is 0. The molecule has 162 valence electrons. The minimum absolute atomic E-state index is 0.282. The van der Waals surface area contributed by atoms with Crippen molar-refractivity contribution in [3.05, 3.63) is 0 Å². The molecule has 0 saturated heterocycles. The van der Waals surface area contributed by atoms with Crippen molar-refractivity contribution in [2.75, 3.05) is 13.2 Å². The van der Waals surface area contributed by atoms with E-state index in [0.29, 0.717) is 22.9 Å². The van der Waals surface area contributed by atoms with Gasteiger partial charge in [0, 0.05) is 13.2 Å². The zero-order valence-electron chi connectivity index (χ0n) is 19.1. The number of aliphatic hydroxyl groups is 1. The Kier molecular flexibility index (Phi) is 6.21. The van der Waals surface area contributed by atoms with Gasteiger partial charge in [-0.25, -0.2) is 0 Å². The van der Waals surface area contributed by atoms with Gasteiger partial charge < -0.3 is 9.84 Å².